The van der Waals surface area contributed by atoms with E-state index in [0.717, 1.165) is 30.7 Å². The van der Waals surface area contributed by atoms with Crippen molar-refractivity contribution in [3.8, 4) is 0 Å². The number of nitrogens with one attached hydrogen (secondary N) is 2. The lowest BCUT2D eigenvalue weighted by molar-refractivity contribution is 0.614. The van der Waals surface area contributed by atoms with Gasteiger partial charge in [-0.05, 0) is 61.9 Å². The smallest absolute Gasteiger partial charge is 0.126 e. The van der Waals surface area contributed by atoms with Gasteiger partial charge in [-0.25, -0.2) is 4.98 Å². The second-order valence-corrected chi connectivity index (χ2v) is 4.99. The first-order valence-corrected chi connectivity index (χ1v) is 6.32. The lowest BCUT2D eigenvalue weighted by Gasteiger charge is -2.11. The second-order valence-electron chi connectivity index (χ2n) is 4.99. The summed E-state index contributed by atoms with van der Waals surface area (Å²) in [7, 11) is 0. The summed E-state index contributed by atoms with van der Waals surface area (Å²) in [5.74, 6) is 2.64. The predicted molar refractivity (Wildman–Crippen MR) is 65.7 cm³/mol. The van der Waals surface area contributed by atoms with Crippen molar-refractivity contribution in [3.05, 3.63) is 23.9 Å². The Morgan fingerprint density at radius 1 is 1.38 bits per heavy atom. The highest BCUT2D eigenvalue weighted by Gasteiger charge is 2.23. The summed E-state index contributed by atoms with van der Waals surface area (Å²) in [5.41, 5.74) is 1.46. The van der Waals surface area contributed by atoms with Crippen LogP contribution >= 0.6 is 0 Å². The van der Waals surface area contributed by atoms with Crippen molar-refractivity contribution in [2.24, 2.45) is 5.92 Å². The van der Waals surface area contributed by atoms with E-state index in [1.165, 1.54) is 31.4 Å². The highest BCUT2D eigenvalue weighted by atomic mass is 15.0. The molecule has 1 saturated heterocycles. The highest BCUT2D eigenvalue weighted by Crippen LogP contribution is 2.40. The van der Waals surface area contributed by atoms with Crippen molar-refractivity contribution in [1.82, 2.24) is 10.3 Å². The van der Waals surface area contributed by atoms with E-state index in [-0.39, 0.29) is 0 Å². The molecule has 0 radical (unpaired) electrons. The SMILES string of the molecule is c1cc(C2CC2)cc(NCC2CCNC2)n1. The first-order valence-electron chi connectivity index (χ1n) is 6.32. The minimum Gasteiger partial charge on any atom is -0.370 e. The average molecular weight is 217 g/mol. The van der Waals surface area contributed by atoms with Gasteiger partial charge in [-0.2, -0.15) is 0 Å². The quantitative estimate of drug-likeness (QED) is 0.809. The fraction of sp³-hybridized carbons (Fsp3) is 0.615. The van der Waals surface area contributed by atoms with E-state index in [1.54, 1.807) is 0 Å². The predicted octanol–water partition coefficient (Wildman–Crippen LogP) is 1.98. The summed E-state index contributed by atoms with van der Waals surface area (Å²) in [4.78, 5) is 4.38. The molecule has 2 aliphatic rings. The van der Waals surface area contributed by atoms with Crippen LogP contribution in [-0.4, -0.2) is 24.6 Å². The molecule has 1 saturated carbocycles. The zero-order chi connectivity index (χ0) is 10.8. The fourth-order valence-corrected chi connectivity index (χ4v) is 2.35. The van der Waals surface area contributed by atoms with Gasteiger partial charge < -0.3 is 10.6 Å². The average Bonchev–Trinajstić information content (AvgIpc) is 3.05. The maximum Gasteiger partial charge on any atom is 0.126 e. The van der Waals surface area contributed by atoms with Gasteiger partial charge in [0.1, 0.15) is 5.82 Å². The Hall–Kier alpha value is -1.09. The monoisotopic (exact) mass is 217 g/mol. The summed E-state index contributed by atoms with van der Waals surface area (Å²) in [5, 5.41) is 6.85. The van der Waals surface area contributed by atoms with Crippen LogP contribution in [-0.2, 0) is 0 Å². The number of anilines is 1. The van der Waals surface area contributed by atoms with Gasteiger partial charge in [0.15, 0.2) is 0 Å². The standard InChI is InChI=1S/C13H19N3/c1-2-11(1)12-4-6-15-13(7-12)16-9-10-3-5-14-8-10/h4,6-7,10-11,14H,1-3,5,8-9H2,(H,15,16). The van der Waals surface area contributed by atoms with Crippen LogP contribution in [0, 0.1) is 5.92 Å². The Kier molecular flexibility index (Phi) is 2.79. The molecular formula is C13H19N3. The maximum absolute atomic E-state index is 4.38. The molecule has 0 amide bonds. The van der Waals surface area contributed by atoms with Crippen LogP contribution in [0.1, 0.15) is 30.7 Å². The van der Waals surface area contributed by atoms with Crippen molar-refractivity contribution >= 4 is 5.82 Å². The van der Waals surface area contributed by atoms with Gasteiger partial charge >= 0.3 is 0 Å². The van der Waals surface area contributed by atoms with Gasteiger partial charge in [0.05, 0.1) is 0 Å². The summed E-state index contributed by atoms with van der Waals surface area (Å²) < 4.78 is 0. The van der Waals surface area contributed by atoms with Gasteiger partial charge in [0.2, 0.25) is 0 Å². The molecule has 2 fully saturated rings. The van der Waals surface area contributed by atoms with Crippen molar-refractivity contribution < 1.29 is 0 Å². The first kappa shape index (κ1) is 10.1. The molecule has 86 valence electrons. The molecule has 1 aliphatic heterocycles. The molecule has 1 atom stereocenters. The molecule has 1 unspecified atom stereocenters. The maximum atomic E-state index is 4.38. The molecule has 1 aromatic rings. The number of nitrogens with zero attached hydrogens (tertiary/aromatic N) is 1. The third-order valence-corrected chi connectivity index (χ3v) is 3.57. The Morgan fingerprint density at radius 3 is 3.06 bits per heavy atom. The van der Waals surface area contributed by atoms with Gasteiger partial charge in [-0.3, -0.25) is 0 Å². The Labute approximate surface area is 96.7 Å². The molecule has 2 N–H and O–H groups in total. The van der Waals surface area contributed by atoms with E-state index in [0.29, 0.717) is 0 Å². The van der Waals surface area contributed by atoms with Crippen LogP contribution < -0.4 is 10.6 Å². The van der Waals surface area contributed by atoms with Crippen molar-refractivity contribution in [1.29, 1.82) is 0 Å². The highest BCUT2D eigenvalue weighted by molar-refractivity contribution is 5.40. The molecule has 0 aromatic carbocycles. The zero-order valence-electron chi connectivity index (χ0n) is 9.58. The van der Waals surface area contributed by atoms with Crippen LogP contribution in [0.5, 0.6) is 0 Å². The molecule has 3 rings (SSSR count). The van der Waals surface area contributed by atoms with Crippen LogP contribution in [0.3, 0.4) is 0 Å². The summed E-state index contributed by atoms with van der Waals surface area (Å²) in [6.07, 6.45) is 5.93. The summed E-state index contributed by atoms with van der Waals surface area (Å²) in [6.45, 7) is 3.37. The molecule has 3 nitrogen and oxygen atoms in total. The van der Waals surface area contributed by atoms with E-state index < -0.39 is 0 Å². The Bertz CT molecular complexity index is 354. The molecule has 2 heterocycles. The van der Waals surface area contributed by atoms with Gasteiger partial charge in [-0.1, -0.05) is 0 Å². The van der Waals surface area contributed by atoms with Crippen LogP contribution in [0.25, 0.3) is 0 Å². The molecule has 0 bridgehead atoms. The lowest BCUT2D eigenvalue weighted by atomic mass is 10.1. The third-order valence-electron chi connectivity index (χ3n) is 3.57. The summed E-state index contributed by atoms with van der Waals surface area (Å²) >= 11 is 0. The van der Waals surface area contributed by atoms with E-state index in [4.69, 9.17) is 0 Å². The molecule has 0 spiro atoms. The van der Waals surface area contributed by atoms with Crippen LogP contribution in [0.4, 0.5) is 5.82 Å². The number of pyridine rings is 1. The number of hydrogen-bond acceptors (Lipinski definition) is 3. The van der Waals surface area contributed by atoms with E-state index >= 15 is 0 Å². The minimum absolute atomic E-state index is 0.770. The van der Waals surface area contributed by atoms with Gasteiger partial charge in [-0.15, -0.1) is 0 Å². The Balaban J connectivity index is 1.58. The topological polar surface area (TPSA) is 37.0 Å². The summed E-state index contributed by atoms with van der Waals surface area (Å²) in [6, 6.07) is 4.38. The van der Waals surface area contributed by atoms with Crippen molar-refractivity contribution in [2.75, 3.05) is 25.0 Å². The third kappa shape index (κ3) is 2.35. The molecule has 1 aliphatic carbocycles. The number of hydrogen-bond donors (Lipinski definition) is 2. The van der Waals surface area contributed by atoms with Crippen LogP contribution in [0.15, 0.2) is 18.3 Å². The normalized spacial score (nSPS) is 24.6. The van der Waals surface area contributed by atoms with E-state index in [2.05, 4.69) is 27.8 Å². The van der Waals surface area contributed by atoms with E-state index in [1.807, 2.05) is 6.20 Å². The number of aromatic nitrogens is 1. The van der Waals surface area contributed by atoms with E-state index in [9.17, 15) is 0 Å². The van der Waals surface area contributed by atoms with Gasteiger partial charge in [0.25, 0.3) is 0 Å². The van der Waals surface area contributed by atoms with Gasteiger partial charge in [0, 0.05) is 12.7 Å². The first-order chi connectivity index (χ1) is 7.92. The lowest BCUT2D eigenvalue weighted by Crippen LogP contribution is -2.17. The van der Waals surface area contributed by atoms with Crippen molar-refractivity contribution in [3.63, 3.8) is 0 Å². The second kappa shape index (κ2) is 4.42. The molecule has 3 heteroatoms. The Morgan fingerprint density at radius 2 is 2.31 bits per heavy atom. The molecule has 16 heavy (non-hydrogen) atoms. The number of rotatable bonds is 4. The zero-order valence-corrected chi connectivity index (χ0v) is 9.58. The van der Waals surface area contributed by atoms with Crippen molar-refractivity contribution in [2.45, 2.75) is 25.2 Å². The molecular weight excluding hydrogens is 198 g/mol. The largest absolute Gasteiger partial charge is 0.370 e. The fourth-order valence-electron chi connectivity index (χ4n) is 2.35. The van der Waals surface area contributed by atoms with Crippen LogP contribution in [0.2, 0.25) is 0 Å². The molecule has 1 aromatic heterocycles. The minimum atomic E-state index is 0.770.